The van der Waals surface area contributed by atoms with E-state index in [-0.39, 0.29) is 24.0 Å². The van der Waals surface area contributed by atoms with Gasteiger partial charge in [-0.15, -0.1) is 0 Å². The van der Waals surface area contributed by atoms with Gasteiger partial charge in [-0.1, -0.05) is 12.1 Å². The van der Waals surface area contributed by atoms with Gasteiger partial charge in [-0.2, -0.15) is 0 Å². The molecule has 2 unspecified atom stereocenters. The maximum absolute atomic E-state index is 12.3. The van der Waals surface area contributed by atoms with Crippen LogP contribution in [0.1, 0.15) is 40.0 Å². The van der Waals surface area contributed by atoms with E-state index in [0.29, 0.717) is 36.9 Å². The molecule has 5 nitrogen and oxygen atoms in total. The van der Waals surface area contributed by atoms with Crippen molar-refractivity contribution < 1.29 is 19.1 Å². The predicted octanol–water partition coefficient (Wildman–Crippen LogP) is 1.38. The molecule has 1 fully saturated rings. The van der Waals surface area contributed by atoms with Crippen molar-refractivity contribution in [1.29, 1.82) is 0 Å². The van der Waals surface area contributed by atoms with Crippen LogP contribution in [0.5, 0.6) is 0 Å². The summed E-state index contributed by atoms with van der Waals surface area (Å²) in [6, 6.07) is 6.67. The average Bonchev–Trinajstić information content (AvgIpc) is 2.96. The lowest BCUT2D eigenvalue weighted by Crippen LogP contribution is -2.38. The highest BCUT2D eigenvalue weighted by Gasteiger charge is 2.42. The first-order valence-corrected chi connectivity index (χ1v) is 6.28. The lowest BCUT2D eigenvalue weighted by atomic mass is 10.1. The minimum atomic E-state index is -0.239. The summed E-state index contributed by atoms with van der Waals surface area (Å²) in [6.45, 7) is 0.426. The molecule has 3 rings (SSSR count). The van der Waals surface area contributed by atoms with Crippen LogP contribution in [0.25, 0.3) is 0 Å². The number of rotatable bonds is 3. The van der Waals surface area contributed by atoms with Crippen molar-refractivity contribution >= 4 is 18.3 Å². The van der Waals surface area contributed by atoms with Gasteiger partial charge in [-0.3, -0.25) is 19.3 Å². The van der Waals surface area contributed by atoms with E-state index in [4.69, 9.17) is 4.74 Å². The minimum absolute atomic E-state index is 0.169. The molecule has 1 saturated carbocycles. The van der Waals surface area contributed by atoms with Gasteiger partial charge in [0.2, 0.25) is 0 Å². The molecular weight excluding hydrogens is 246 g/mol. The number of nitrogens with zero attached hydrogens (tertiary/aromatic N) is 1. The molecule has 19 heavy (non-hydrogen) atoms. The molecule has 0 radical (unpaired) electrons. The maximum atomic E-state index is 12.3. The first-order valence-electron chi connectivity index (χ1n) is 6.28. The fourth-order valence-electron chi connectivity index (χ4n) is 2.89. The summed E-state index contributed by atoms with van der Waals surface area (Å²) in [7, 11) is 0. The summed E-state index contributed by atoms with van der Waals surface area (Å²) < 4.78 is 4.91. The molecule has 1 aliphatic heterocycles. The van der Waals surface area contributed by atoms with Crippen LogP contribution >= 0.6 is 0 Å². The van der Waals surface area contributed by atoms with Gasteiger partial charge in [-0.25, -0.2) is 0 Å². The molecule has 1 aromatic rings. The number of imide groups is 1. The van der Waals surface area contributed by atoms with Gasteiger partial charge in [0.25, 0.3) is 18.3 Å². The number of benzene rings is 1. The van der Waals surface area contributed by atoms with Crippen molar-refractivity contribution in [2.45, 2.75) is 31.4 Å². The van der Waals surface area contributed by atoms with Crippen LogP contribution in [-0.2, 0) is 9.53 Å². The zero-order chi connectivity index (χ0) is 13.4. The summed E-state index contributed by atoms with van der Waals surface area (Å²) in [5.74, 6) is -0.477. The van der Waals surface area contributed by atoms with Crippen LogP contribution in [0.4, 0.5) is 0 Å². The van der Waals surface area contributed by atoms with Crippen LogP contribution in [0, 0.1) is 0 Å². The standard InChI is InChI=1S/C14H13NO4/c16-8-19-10-6-5-9(7-10)15-13(17)11-3-1-2-4-12(11)14(15)18/h1-4,8-10H,5-7H2. The second kappa shape index (κ2) is 4.50. The highest BCUT2D eigenvalue weighted by Crippen LogP contribution is 2.32. The van der Waals surface area contributed by atoms with Gasteiger partial charge >= 0.3 is 0 Å². The Morgan fingerprint density at radius 3 is 2.32 bits per heavy atom. The Hall–Kier alpha value is -2.17. The zero-order valence-electron chi connectivity index (χ0n) is 10.2. The van der Waals surface area contributed by atoms with E-state index in [1.807, 2.05) is 0 Å². The monoisotopic (exact) mass is 259 g/mol. The zero-order valence-corrected chi connectivity index (χ0v) is 10.2. The molecule has 1 heterocycles. The number of carbonyl (C=O) groups is 3. The Balaban J connectivity index is 1.83. The summed E-state index contributed by atoms with van der Waals surface area (Å²) in [6.07, 6.45) is 1.72. The molecule has 0 N–H and O–H groups in total. The molecule has 1 aliphatic carbocycles. The number of hydrogen-bond acceptors (Lipinski definition) is 4. The Morgan fingerprint density at radius 2 is 1.74 bits per heavy atom. The topological polar surface area (TPSA) is 63.7 Å². The number of amides is 2. The Labute approximate surface area is 110 Å². The summed E-state index contributed by atoms with van der Waals surface area (Å²) in [5, 5.41) is 0. The van der Waals surface area contributed by atoms with E-state index >= 15 is 0 Å². The van der Waals surface area contributed by atoms with Crippen LogP contribution in [-0.4, -0.2) is 35.3 Å². The fraction of sp³-hybridized carbons (Fsp3) is 0.357. The Bertz CT molecular complexity index is 519. The molecule has 2 atom stereocenters. The van der Waals surface area contributed by atoms with Crippen LogP contribution < -0.4 is 0 Å². The molecule has 0 spiro atoms. The first kappa shape index (κ1) is 11.9. The van der Waals surface area contributed by atoms with Crippen LogP contribution in [0.2, 0.25) is 0 Å². The Kier molecular flexibility index (Phi) is 2.81. The SMILES string of the molecule is O=COC1CCC(N2C(=O)c3ccccc3C2=O)C1. The van der Waals surface area contributed by atoms with Crippen molar-refractivity contribution in [2.75, 3.05) is 0 Å². The molecular formula is C14H13NO4. The first-order chi connectivity index (χ1) is 9.22. The molecule has 0 saturated heterocycles. The lowest BCUT2D eigenvalue weighted by Gasteiger charge is -2.21. The molecule has 0 aromatic heterocycles. The number of ether oxygens (including phenoxy) is 1. The molecule has 98 valence electrons. The summed E-state index contributed by atoms with van der Waals surface area (Å²) >= 11 is 0. The van der Waals surface area contributed by atoms with Gasteiger partial charge in [0.15, 0.2) is 0 Å². The quantitative estimate of drug-likeness (QED) is 0.607. The lowest BCUT2D eigenvalue weighted by molar-refractivity contribution is -0.133. The van der Waals surface area contributed by atoms with Gasteiger partial charge in [0, 0.05) is 12.5 Å². The van der Waals surface area contributed by atoms with E-state index in [1.54, 1.807) is 24.3 Å². The number of fused-ring (bicyclic) bond motifs is 1. The molecule has 5 heteroatoms. The van der Waals surface area contributed by atoms with Crippen molar-refractivity contribution in [1.82, 2.24) is 4.90 Å². The fourth-order valence-corrected chi connectivity index (χ4v) is 2.89. The smallest absolute Gasteiger partial charge is 0.293 e. The number of carbonyl (C=O) groups excluding carboxylic acids is 3. The molecule has 2 aliphatic rings. The van der Waals surface area contributed by atoms with Gasteiger partial charge in [0.05, 0.1) is 11.1 Å². The Morgan fingerprint density at radius 1 is 1.11 bits per heavy atom. The normalized spacial score (nSPS) is 25.6. The molecule has 0 bridgehead atoms. The van der Waals surface area contributed by atoms with Crippen molar-refractivity contribution in [3.8, 4) is 0 Å². The minimum Gasteiger partial charge on any atom is -0.465 e. The van der Waals surface area contributed by atoms with E-state index < -0.39 is 0 Å². The summed E-state index contributed by atoms with van der Waals surface area (Å²) in [4.78, 5) is 36.2. The van der Waals surface area contributed by atoms with E-state index in [0.717, 1.165) is 0 Å². The molecule has 1 aromatic carbocycles. The van der Waals surface area contributed by atoms with Crippen molar-refractivity contribution in [3.05, 3.63) is 35.4 Å². The third-order valence-corrected chi connectivity index (χ3v) is 3.80. The van der Waals surface area contributed by atoms with Gasteiger partial charge in [0.1, 0.15) is 6.10 Å². The maximum Gasteiger partial charge on any atom is 0.293 e. The van der Waals surface area contributed by atoms with Crippen LogP contribution in [0.3, 0.4) is 0 Å². The highest BCUT2D eigenvalue weighted by atomic mass is 16.5. The third-order valence-electron chi connectivity index (χ3n) is 3.80. The highest BCUT2D eigenvalue weighted by molar-refractivity contribution is 6.21. The van der Waals surface area contributed by atoms with E-state index in [2.05, 4.69) is 0 Å². The second-order valence-corrected chi connectivity index (χ2v) is 4.85. The van der Waals surface area contributed by atoms with Crippen molar-refractivity contribution in [2.24, 2.45) is 0 Å². The molecule has 2 amide bonds. The van der Waals surface area contributed by atoms with Crippen LogP contribution in [0.15, 0.2) is 24.3 Å². The van der Waals surface area contributed by atoms with Gasteiger partial charge < -0.3 is 4.74 Å². The number of hydrogen-bond donors (Lipinski definition) is 0. The predicted molar refractivity (Wildman–Crippen MR) is 65.5 cm³/mol. The second-order valence-electron chi connectivity index (χ2n) is 4.85. The van der Waals surface area contributed by atoms with Gasteiger partial charge in [-0.05, 0) is 25.0 Å². The summed E-state index contributed by atoms with van der Waals surface area (Å²) in [5.41, 5.74) is 0.930. The van der Waals surface area contributed by atoms with E-state index in [1.165, 1.54) is 4.90 Å². The largest absolute Gasteiger partial charge is 0.465 e. The average molecular weight is 259 g/mol. The third kappa shape index (κ3) is 1.82. The van der Waals surface area contributed by atoms with E-state index in [9.17, 15) is 14.4 Å². The van der Waals surface area contributed by atoms with Crippen molar-refractivity contribution in [3.63, 3.8) is 0 Å².